The van der Waals surface area contributed by atoms with Crippen molar-refractivity contribution < 1.29 is 4.39 Å². The first-order valence-electron chi connectivity index (χ1n) is 7.04. The molecule has 2 aromatic rings. The Hall–Kier alpha value is -0.860. The molecule has 0 bridgehead atoms. The summed E-state index contributed by atoms with van der Waals surface area (Å²) in [5, 5.41) is -0.341. The molecule has 0 aromatic heterocycles. The Balaban J connectivity index is 2.27. The van der Waals surface area contributed by atoms with E-state index >= 15 is 0 Å². The van der Waals surface area contributed by atoms with Crippen molar-refractivity contribution in [2.45, 2.75) is 38.0 Å². The van der Waals surface area contributed by atoms with Crippen LogP contribution in [0.15, 0.2) is 46.9 Å². The summed E-state index contributed by atoms with van der Waals surface area (Å²) in [4.78, 5) is 0. The van der Waals surface area contributed by atoms with Gasteiger partial charge in [-0.25, -0.2) is 4.39 Å². The highest BCUT2D eigenvalue weighted by molar-refractivity contribution is 9.10. The van der Waals surface area contributed by atoms with Crippen LogP contribution in [0.4, 0.5) is 4.39 Å². The van der Waals surface area contributed by atoms with Crippen LogP contribution in [0.25, 0.3) is 0 Å². The molecule has 0 N–H and O–H groups in total. The summed E-state index contributed by atoms with van der Waals surface area (Å²) >= 11 is 9.63. The van der Waals surface area contributed by atoms with Crippen LogP contribution in [0.2, 0.25) is 0 Å². The van der Waals surface area contributed by atoms with Crippen molar-refractivity contribution in [2.24, 2.45) is 0 Å². The summed E-state index contributed by atoms with van der Waals surface area (Å²) in [6, 6.07) is 13.3. The minimum Gasteiger partial charge on any atom is -0.206 e. The number of benzene rings is 2. The summed E-state index contributed by atoms with van der Waals surface area (Å²) in [6.07, 6.45) is 1.08. The quantitative estimate of drug-likeness (QED) is 0.532. The second kappa shape index (κ2) is 6.50. The van der Waals surface area contributed by atoms with Gasteiger partial charge < -0.3 is 0 Å². The van der Waals surface area contributed by atoms with Gasteiger partial charge in [-0.05, 0) is 56.6 Å². The molecular formula is C18H19BrClF. The molecule has 1 unspecified atom stereocenters. The van der Waals surface area contributed by atoms with Crippen molar-refractivity contribution in [2.75, 3.05) is 0 Å². The van der Waals surface area contributed by atoms with Gasteiger partial charge in [0.25, 0.3) is 0 Å². The number of halogens is 3. The maximum Gasteiger partial charge on any atom is 0.137 e. The third-order valence-corrected chi connectivity index (χ3v) is 5.25. The van der Waals surface area contributed by atoms with E-state index in [2.05, 4.69) is 48.8 Å². The third kappa shape index (κ3) is 3.67. The summed E-state index contributed by atoms with van der Waals surface area (Å²) in [5.41, 5.74) is 3.19. The molecule has 0 heterocycles. The van der Waals surface area contributed by atoms with Crippen molar-refractivity contribution in [3.05, 3.63) is 69.4 Å². The van der Waals surface area contributed by atoms with E-state index < -0.39 is 0 Å². The average molecular weight is 370 g/mol. The molecule has 1 atom stereocenters. The van der Waals surface area contributed by atoms with Crippen molar-refractivity contribution in [1.29, 1.82) is 0 Å². The van der Waals surface area contributed by atoms with Crippen LogP contribution in [-0.2, 0) is 5.41 Å². The van der Waals surface area contributed by atoms with Gasteiger partial charge in [0.1, 0.15) is 5.82 Å². The Bertz CT molecular complexity index is 620. The predicted octanol–water partition coefficient (Wildman–Crippen LogP) is 6.60. The SMILES string of the molecule is CCC(C)(C)c1ccc(C(Cl)c2ccc(Br)c(F)c2)cc1. The van der Waals surface area contributed by atoms with Crippen molar-refractivity contribution in [3.8, 4) is 0 Å². The number of rotatable bonds is 4. The first kappa shape index (κ1) is 16.5. The van der Waals surface area contributed by atoms with Crippen molar-refractivity contribution >= 4 is 27.5 Å². The van der Waals surface area contributed by atoms with E-state index in [1.807, 2.05) is 18.2 Å². The molecule has 0 nitrogen and oxygen atoms in total. The zero-order valence-corrected chi connectivity index (χ0v) is 14.8. The number of hydrogen-bond acceptors (Lipinski definition) is 0. The predicted molar refractivity (Wildman–Crippen MR) is 91.6 cm³/mol. The molecule has 3 heteroatoms. The van der Waals surface area contributed by atoms with E-state index in [9.17, 15) is 4.39 Å². The molecule has 0 saturated carbocycles. The van der Waals surface area contributed by atoms with Gasteiger partial charge >= 0.3 is 0 Å². The Kier molecular flexibility index (Phi) is 5.11. The number of hydrogen-bond donors (Lipinski definition) is 0. The van der Waals surface area contributed by atoms with E-state index in [-0.39, 0.29) is 16.6 Å². The van der Waals surface area contributed by atoms with Gasteiger partial charge in [0.05, 0.1) is 9.85 Å². The molecule has 2 aromatic carbocycles. The maximum absolute atomic E-state index is 13.6. The molecule has 0 fully saturated rings. The second-order valence-corrected chi connectivity index (χ2v) is 7.19. The van der Waals surface area contributed by atoms with Crippen LogP contribution in [0.3, 0.4) is 0 Å². The van der Waals surface area contributed by atoms with Gasteiger partial charge in [0.15, 0.2) is 0 Å². The van der Waals surface area contributed by atoms with Crippen LogP contribution in [0, 0.1) is 5.82 Å². The lowest BCUT2D eigenvalue weighted by Gasteiger charge is -2.24. The monoisotopic (exact) mass is 368 g/mol. The molecule has 0 amide bonds. The largest absolute Gasteiger partial charge is 0.206 e. The minimum absolute atomic E-state index is 0.157. The molecule has 0 aliphatic rings. The van der Waals surface area contributed by atoms with Crippen molar-refractivity contribution in [3.63, 3.8) is 0 Å². The van der Waals surface area contributed by atoms with Gasteiger partial charge in [-0.15, -0.1) is 11.6 Å². The van der Waals surface area contributed by atoms with Crippen LogP contribution in [0.5, 0.6) is 0 Å². The molecule has 112 valence electrons. The summed E-state index contributed by atoms with van der Waals surface area (Å²) in [6.45, 7) is 6.64. The Labute approximate surface area is 139 Å². The highest BCUT2D eigenvalue weighted by Gasteiger charge is 2.19. The van der Waals surface area contributed by atoms with E-state index in [4.69, 9.17) is 11.6 Å². The van der Waals surface area contributed by atoms with Crippen molar-refractivity contribution in [1.82, 2.24) is 0 Å². The molecule has 0 saturated heterocycles. The lowest BCUT2D eigenvalue weighted by molar-refractivity contribution is 0.506. The van der Waals surface area contributed by atoms with Crippen LogP contribution < -0.4 is 0 Å². The number of alkyl halides is 1. The highest BCUT2D eigenvalue weighted by atomic mass is 79.9. The van der Waals surface area contributed by atoms with E-state index in [0.717, 1.165) is 17.5 Å². The standard InChI is InChI=1S/C18H19BrClF/c1-4-18(2,3)14-8-5-12(6-9-14)17(20)13-7-10-15(19)16(21)11-13/h5-11,17H,4H2,1-3H3. The van der Waals surface area contributed by atoms with Crippen LogP contribution in [0.1, 0.15) is 49.3 Å². The van der Waals surface area contributed by atoms with Gasteiger partial charge in [-0.2, -0.15) is 0 Å². The lowest BCUT2D eigenvalue weighted by Crippen LogP contribution is -2.15. The molecular weight excluding hydrogens is 351 g/mol. The Morgan fingerprint density at radius 2 is 1.67 bits per heavy atom. The molecule has 0 spiro atoms. The minimum atomic E-state index is -0.341. The lowest BCUT2D eigenvalue weighted by atomic mass is 9.82. The zero-order chi connectivity index (χ0) is 15.6. The van der Waals surface area contributed by atoms with Gasteiger partial charge in [0.2, 0.25) is 0 Å². The molecule has 0 aliphatic heterocycles. The van der Waals surface area contributed by atoms with E-state index in [0.29, 0.717) is 4.47 Å². The van der Waals surface area contributed by atoms with Crippen LogP contribution >= 0.6 is 27.5 Å². The first-order chi connectivity index (χ1) is 9.85. The van der Waals surface area contributed by atoms with Crippen LogP contribution in [-0.4, -0.2) is 0 Å². The summed E-state index contributed by atoms with van der Waals surface area (Å²) in [7, 11) is 0. The van der Waals surface area contributed by atoms with Gasteiger partial charge in [-0.3, -0.25) is 0 Å². The Morgan fingerprint density at radius 3 is 2.19 bits per heavy atom. The fraction of sp³-hybridized carbons (Fsp3) is 0.333. The second-order valence-electron chi connectivity index (χ2n) is 5.90. The molecule has 2 rings (SSSR count). The smallest absolute Gasteiger partial charge is 0.137 e. The van der Waals surface area contributed by atoms with E-state index in [1.165, 1.54) is 11.6 Å². The fourth-order valence-electron chi connectivity index (χ4n) is 2.17. The molecule has 21 heavy (non-hydrogen) atoms. The fourth-order valence-corrected chi connectivity index (χ4v) is 2.70. The van der Waals surface area contributed by atoms with Gasteiger partial charge in [0, 0.05) is 0 Å². The highest BCUT2D eigenvalue weighted by Crippen LogP contribution is 2.33. The van der Waals surface area contributed by atoms with E-state index in [1.54, 1.807) is 6.07 Å². The maximum atomic E-state index is 13.6. The zero-order valence-electron chi connectivity index (χ0n) is 12.5. The van der Waals surface area contributed by atoms with Gasteiger partial charge in [-0.1, -0.05) is 51.1 Å². The summed E-state index contributed by atoms with van der Waals surface area (Å²) in [5.74, 6) is -0.290. The molecule has 0 aliphatic carbocycles. The first-order valence-corrected chi connectivity index (χ1v) is 8.27. The topological polar surface area (TPSA) is 0 Å². The average Bonchev–Trinajstić information content (AvgIpc) is 2.49. The molecule has 0 radical (unpaired) electrons. The third-order valence-electron chi connectivity index (χ3n) is 4.11. The summed E-state index contributed by atoms with van der Waals surface area (Å²) < 4.78 is 14.1. The normalized spacial score (nSPS) is 13.2. The Morgan fingerprint density at radius 1 is 1.10 bits per heavy atom.